The first-order valence-electron chi connectivity index (χ1n) is 9.55. The lowest BCUT2D eigenvalue weighted by molar-refractivity contribution is 0.332. The molecule has 0 fully saturated rings. The summed E-state index contributed by atoms with van der Waals surface area (Å²) in [6, 6.07) is 14.5. The number of nitrogen functional groups attached to an aromatic ring is 1. The zero-order valence-corrected chi connectivity index (χ0v) is 16.9. The van der Waals surface area contributed by atoms with Gasteiger partial charge in [-0.1, -0.05) is 50.2 Å². The number of aromatic nitrogens is 4. The summed E-state index contributed by atoms with van der Waals surface area (Å²) in [6.45, 7) is 4.46. The Hall–Kier alpha value is -2.93. The van der Waals surface area contributed by atoms with Gasteiger partial charge in [0.05, 0.1) is 16.3 Å². The predicted molar refractivity (Wildman–Crippen MR) is 116 cm³/mol. The molecule has 1 unspecified atom stereocenters. The molecule has 4 aromatic rings. The van der Waals surface area contributed by atoms with Gasteiger partial charge in [0.25, 0.3) is 0 Å². The fourth-order valence-electron chi connectivity index (χ4n) is 3.62. The summed E-state index contributed by atoms with van der Waals surface area (Å²) in [5, 5.41) is 8.67. The van der Waals surface area contributed by atoms with Gasteiger partial charge in [0.1, 0.15) is 12.7 Å². The number of nitrogens with one attached hydrogen (secondary N) is 1. The average Bonchev–Trinajstić information content (AvgIpc) is 3.36. The number of rotatable bonds is 7. The maximum atomic E-state index is 5.87. The summed E-state index contributed by atoms with van der Waals surface area (Å²) in [7, 11) is 0. The maximum Gasteiger partial charge on any atom is 0.188 e. The molecule has 0 aliphatic heterocycles. The number of benzene rings is 2. The first-order valence-corrected chi connectivity index (χ1v) is 10.4. The predicted octanol–water partition coefficient (Wildman–Crippen LogP) is 5.24. The molecule has 0 saturated carbocycles. The lowest BCUT2D eigenvalue weighted by Gasteiger charge is -2.26. The smallest absolute Gasteiger partial charge is 0.188 e. The van der Waals surface area contributed by atoms with Crippen molar-refractivity contribution in [2.24, 2.45) is 5.92 Å². The Morgan fingerprint density at radius 3 is 2.57 bits per heavy atom. The highest BCUT2D eigenvalue weighted by molar-refractivity contribution is 7.22. The number of anilines is 3. The third kappa shape index (κ3) is 3.71. The molecule has 0 aliphatic rings. The Bertz CT molecular complexity index is 1030. The standard InChI is InChI=1S/C21H24N6S/c1-3-14(4-2)20(27-13-23-12-24-27)15-5-8-17(9-6-15)25-21-26-18-10-7-16(22)11-19(18)28-21/h5-14,20H,3-4,22H2,1-2H3,(H,25,26). The second kappa shape index (κ2) is 7.98. The van der Waals surface area contributed by atoms with E-state index in [0.717, 1.165) is 39.6 Å². The van der Waals surface area contributed by atoms with Crippen LogP contribution in [0.2, 0.25) is 0 Å². The number of hydrogen-bond donors (Lipinski definition) is 2. The van der Waals surface area contributed by atoms with Crippen LogP contribution in [-0.4, -0.2) is 19.7 Å². The van der Waals surface area contributed by atoms with E-state index in [0.29, 0.717) is 5.92 Å². The average molecular weight is 393 g/mol. The molecule has 28 heavy (non-hydrogen) atoms. The van der Waals surface area contributed by atoms with Crippen LogP contribution in [0, 0.1) is 5.92 Å². The molecule has 1 atom stereocenters. The van der Waals surface area contributed by atoms with Crippen molar-refractivity contribution in [3.8, 4) is 0 Å². The van der Waals surface area contributed by atoms with Crippen molar-refractivity contribution in [2.75, 3.05) is 11.1 Å². The van der Waals surface area contributed by atoms with E-state index >= 15 is 0 Å². The van der Waals surface area contributed by atoms with Gasteiger partial charge in [0.15, 0.2) is 5.13 Å². The summed E-state index contributed by atoms with van der Waals surface area (Å²) < 4.78 is 3.05. The molecule has 0 bridgehead atoms. The Balaban J connectivity index is 1.58. The highest BCUT2D eigenvalue weighted by Crippen LogP contribution is 2.33. The summed E-state index contributed by atoms with van der Waals surface area (Å²) in [4.78, 5) is 8.78. The minimum absolute atomic E-state index is 0.192. The Morgan fingerprint density at radius 1 is 1.11 bits per heavy atom. The van der Waals surface area contributed by atoms with E-state index in [1.165, 1.54) is 5.56 Å². The number of thiazole rings is 1. The molecule has 4 rings (SSSR count). The molecule has 6 nitrogen and oxygen atoms in total. The van der Waals surface area contributed by atoms with Crippen LogP contribution >= 0.6 is 11.3 Å². The van der Waals surface area contributed by atoms with E-state index in [1.807, 2.05) is 29.2 Å². The van der Waals surface area contributed by atoms with Gasteiger partial charge in [-0.05, 0) is 41.8 Å². The van der Waals surface area contributed by atoms with E-state index in [9.17, 15) is 0 Å². The molecular weight excluding hydrogens is 368 g/mol. The van der Waals surface area contributed by atoms with Gasteiger partial charge in [-0.3, -0.25) is 0 Å². The minimum Gasteiger partial charge on any atom is -0.399 e. The molecule has 3 N–H and O–H groups in total. The highest BCUT2D eigenvalue weighted by Gasteiger charge is 2.23. The molecule has 0 saturated heterocycles. The second-order valence-corrected chi connectivity index (χ2v) is 7.92. The SMILES string of the molecule is CCC(CC)C(c1ccc(Nc2nc3ccc(N)cc3s2)cc1)n1cncn1. The number of fused-ring (bicyclic) bond motifs is 1. The molecule has 2 aromatic carbocycles. The van der Waals surface area contributed by atoms with Crippen LogP contribution in [0.1, 0.15) is 38.3 Å². The summed E-state index contributed by atoms with van der Waals surface area (Å²) in [6.07, 6.45) is 5.60. The molecule has 2 heterocycles. The van der Waals surface area contributed by atoms with E-state index in [2.05, 4.69) is 58.5 Å². The zero-order valence-electron chi connectivity index (χ0n) is 16.0. The van der Waals surface area contributed by atoms with Crippen molar-refractivity contribution in [3.05, 3.63) is 60.7 Å². The van der Waals surface area contributed by atoms with E-state index in [1.54, 1.807) is 17.7 Å². The summed E-state index contributed by atoms with van der Waals surface area (Å²) >= 11 is 1.60. The van der Waals surface area contributed by atoms with Gasteiger partial charge < -0.3 is 11.1 Å². The molecule has 0 aliphatic carbocycles. The molecule has 0 spiro atoms. The van der Waals surface area contributed by atoms with Crippen LogP contribution in [-0.2, 0) is 0 Å². The Labute approximate surface area is 168 Å². The first kappa shape index (κ1) is 18.4. The van der Waals surface area contributed by atoms with Crippen LogP contribution in [0.4, 0.5) is 16.5 Å². The molecule has 0 amide bonds. The van der Waals surface area contributed by atoms with E-state index in [-0.39, 0.29) is 6.04 Å². The van der Waals surface area contributed by atoms with Crippen LogP contribution in [0.25, 0.3) is 10.2 Å². The number of nitrogens with two attached hydrogens (primary N) is 1. The maximum absolute atomic E-state index is 5.87. The third-order valence-corrected chi connectivity index (χ3v) is 6.07. The zero-order chi connectivity index (χ0) is 19.5. The molecule has 7 heteroatoms. The Kier molecular flexibility index (Phi) is 5.25. The van der Waals surface area contributed by atoms with Crippen molar-refractivity contribution >= 4 is 38.1 Å². The third-order valence-electron chi connectivity index (χ3n) is 5.13. The van der Waals surface area contributed by atoms with Gasteiger partial charge in [-0.25, -0.2) is 14.6 Å². The quantitative estimate of drug-likeness (QED) is 0.420. The van der Waals surface area contributed by atoms with Crippen molar-refractivity contribution in [1.29, 1.82) is 0 Å². The Morgan fingerprint density at radius 2 is 1.89 bits per heavy atom. The van der Waals surface area contributed by atoms with Crippen LogP contribution in [0.3, 0.4) is 0 Å². The summed E-state index contributed by atoms with van der Waals surface area (Å²) in [5.41, 5.74) is 9.83. The van der Waals surface area contributed by atoms with Gasteiger partial charge in [0.2, 0.25) is 0 Å². The fraction of sp³-hybridized carbons (Fsp3) is 0.286. The molecular formula is C21H24N6S. The van der Waals surface area contributed by atoms with Gasteiger partial charge in [0, 0.05) is 11.4 Å². The minimum atomic E-state index is 0.192. The lowest BCUT2D eigenvalue weighted by atomic mass is 9.89. The molecule has 144 valence electrons. The van der Waals surface area contributed by atoms with Crippen molar-refractivity contribution in [2.45, 2.75) is 32.7 Å². The van der Waals surface area contributed by atoms with Crippen molar-refractivity contribution in [1.82, 2.24) is 19.7 Å². The normalized spacial score (nSPS) is 12.5. The monoisotopic (exact) mass is 392 g/mol. The first-order chi connectivity index (χ1) is 13.7. The second-order valence-electron chi connectivity index (χ2n) is 6.89. The fourth-order valence-corrected chi connectivity index (χ4v) is 4.55. The molecule has 2 aromatic heterocycles. The van der Waals surface area contributed by atoms with Crippen LogP contribution in [0.5, 0.6) is 0 Å². The summed E-state index contributed by atoms with van der Waals surface area (Å²) in [5.74, 6) is 0.509. The molecule has 0 radical (unpaired) electrons. The van der Waals surface area contributed by atoms with Gasteiger partial charge >= 0.3 is 0 Å². The lowest BCUT2D eigenvalue weighted by Crippen LogP contribution is -2.20. The largest absolute Gasteiger partial charge is 0.399 e. The topological polar surface area (TPSA) is 81.6 Å². The van der Waals surface area contributed by atoms with Crippen LogP contribution < -0.4 is 11.1 Å². The van der Waals surface area contributed by atoms with E-state index in [4.69, 9.17) is 5.73 Å². The highest BCUT2D eigenvalue weighted by atomic mass is 32.1. The van der Waals surface area contributed by atoms with Crippen LogP contribution in [0.15, 0.2) is 55.1 Å². The van der Waals surface area contributed by atoms with Crippen molar-refractivity contribution < 1.29 is 0 Å². The number of hydrogen-bond acceptors (Lipinski definition) is 6. The van der Waals surface area contributed by atoms with Gasteiger partial charge in [-0.15, -0.1) is 0 Å². The van der Waals surface area contributed by atoms with Gasteiger partial charge in [-0.2, -0.15) is 5.10 Å². The van der Waals surface area contributed by atoms with E-state index < -0.39 is 0 Å². The number of nitrogens with zero attached hydrogens (tertiary/aromatic N) is 4. The van der Waals surface area contributed by atoms with Crippen molar-refractivity contribution in [3.63, 3.8) is 0 Å².